The number of piperidine rings is 1. The smallest absolute Gasteiger partial charge is 0.226 e. The molecule has 2 heterocycles. The van der Waals surface area contributed by atoms with Gasteiger partial charge in [-0.15, -0.1) is 0 Å². The number of amides is 1. The molecule has 2 aliphatic carbocycles. The summed E-state index contributed by atoms with van der Waals surface area (Å²) in [6, 6.07) is 0.197. The molecule has 1 aromatic rings. The molecule has 3 aliphatic rings. The molecule has 0 bridgehead atoms. The van der Waals surface area contributed by atoms with Gasteiger partial charge in [0, 0.05) is 30.4 Å². The number of likely N-dealkylation sites (tertiary alicyclic amines) is 1. The van der Waals surface area contributed by atoms with Crippen LogP contribution in [0.4, 0.5) is 0 Å². The lowest BCUT2D eigenvalue weighted by Crippen LogP contribution is -2.41. The fourth-order valence-corrected chi connectivity index (χ4v) is 5.02. The Morgan fingerprint density at radius 2 is 1.73 bits per heavy atom. The van der Waals surface area contributed by atoms with Gasteiger partial charge in [0.15, 0.2) is 0 Å². The van der Waals surface area contributed by atoms with E-state index in [1.165, 1.54) is 25.7 Å². The highest BCUT2D eigenvalue weighted by atomic mass is 16.2. The van der Waals surface area contributed by atoms with Crippen LogP contribution in [0.2, 0.25) is 0 Å². The van der Waals surface area contributed by atoms with Crippen molar-refractivity contribution in [2.75, 3.05) is 6.54 Å². The second-order valence-corrected chi connectivity index (χ2v) is 7.33. The average molecular weight is 299 g/mol. The highest BCUT2D eigenvalue weighted by Gasteiger charge is 2.42. The van der Waals surface area contributed by atoms with Gasteiger partial charge in [0.2, 0.25) is 5.91 Å². The topological polar surface area (TPSA) is 46.1 Å². The van der Waals surface area contributed by atoms with Crippen molar-refractivity contribution in [3.05, 3.63) is 24.3 Å². The van der Waals surface area contributed by atoms with Crippen molar-refractivity contribution in [2.24, 2.45) is 17.8 Å². The van der Waals surface area contributed by atoms with Crippen LogP contribution in [0.1, 0.15) is 63.0 Å². The number of rotatable bonds is 2. The van der Waals surface area contributed by atoms with E-state index in [1.807, 2.05) is 12.4 Å². The van der Waals surface area contributed by atoms with Crippen LogP contribution in [-0.4, -0.2) is 27.3 Å². The summed E-state index contributed by atoms with van der Waals surface area (Å²) in [7, 11) is 0. The summed E-state index contributed by atoms with van der Waals surface area (Å²) in [5, 5.41) is 0. The molecule has 4 rings (SSSR count). The van der Waals surface area contributed by atoms with Crippen molar-refractivity contribution in [1.29, 1.82) is 0 Å². The first-order valence-electron chi connectivity index (χ1n) is 8.88. The Bertz CT molecular complexity index is 520. The molecule has 0 N–H and O–H groups in total. The maximum Gasteiger partial charge on any atom is 0.226 e. The van der Waals surface area contributed by atoms with Gasteiger partial charge in [-0.05, 0) is 43.9 Å². The minimum absolute atomic E-state index is 0.197. The Balaban J connectivity index is 1.50. The third kappa shape index (κ3) is 2.53. The van der Waals surface area contributed by atoms with Gasteiger partial charge in [-0.2, -0.15) is 0 Å². The number of carbonyl (C=O) groups excluding carboxylic acids is 1. The molecule has 22 heavy (non-hydrogen) atoms. The van der Waals surface area contributed by atoms with Gasteiger partial charge >= 0.3 is 0 Å². The first-order valence-corrected chi connectivity index (χ1v) is 8.88. The van der Waals surface area contributed by atoms with Crippen LogP contribution in [-0.2, 0) is 4.79 Å². The van der Waals surface area contributed by atoms with Gasteiger partial charge in [0.25, 0.3) is 0 Å². The van der Waals surface area contributed by atoms with Crippen LogP contribution >= 0.6 is 0 Å². The molecule has 3 atom stereocenters. The Morgan fingerprint density at radius 1 is 1.00 bits per heavy atom. The quantitative estimate of drug-likeness (QED) is 0.841. The first-order chi connectivity index (χ1) is 10.8. The minimum atomic E-state index is 0.197. The van der Waals surface area contributed by atoms with Crippen molar-refractivity contribution >= 4 is 5.91 Å². The van der Waals surface area contributed by atoms with E-state index >= 15 is 0 Å². The molecule has 0 radical (unpaired) electrons. The van der Waals surface area contributed by atoms with Gasteiger partial charge in [0.05, 0.1) is 6.04 Å². The van der Waals surface area contributed by atoms with Gasteiger partial charge in [-0.3, -0.25) is 4.79 Å². The Hall–Kier alpha value is -1.45. The summed E-state index contributed by atoms with van der Waals surface area (Å²) in [5.74, 6) is 2.35. The number of hydrogen-bond donors (Lipinski definition) is 0. The molecule has 1 aromatic heterocycles. The molecule has 0 spiro atoms. The van der Waals surface area contributed by atoms with Crippen molar-refractivity contribution in [3.8, 4) is 0 Å². The van der Waals surface area contributed by atoms with Gasteiger partial charge in [0.1, 0.15) is 6.33 Å². The molecule has 2 saturated carbocycles. The third-order valence-corrected chi connectivity index (χ3v) is 6.09. The molecule has 4 heteroatoms. The van der Waals surface area contributed by atoms with E-state index in [0.717, 1.165) is 49.6 Å². The third-order valence-electron chi connectivity index (χ3n) is 6.09. The fourth-order valence-electron chi connectivity index (χ4n) is 5.02. The van der Waals surface area contributed by atoms with Gasteiger partial charge < -0.3 is 4.90 Å². The summed E-state index contributed by atoms with van der Waals surface area (Å²) in [5.41, 5.74) is 1.11. The van der Waals surface area contributed by atoms with Crippen molar-refractivity contribution in [3.63, 3.8) is 0 Å². The van der Waals surface area contributed by atoms with Crippen LogP contribution in [0.5, 0.6) is 0 Å². The van der Waals surface area contributed by atoms with E-state index < -0.39 is 0 Å². The molecule has 3 unspecified atom stereocenters. The van der Waals surface area contributed by atoms with Crippen molar-refractivity contribution in [1.82, 2.24) is 14.9 Å². The maximum absolute atomic E-state index is 13.1. The standard InChI is InChI=1S/C18H25N3O/c22-18(15-8-13-4-3-5-14(13)9-15)21-7-2-1-6-17(21)16-10-19-12-20-11-16/h10-15,17H,1-9H2. The van der Waals surface area contributed by atoms with Crippen LogP contribution in [0, 0.1) is 17.8 Å². The highest BCUT2D eigenvalue weighted by Crippen LogP contribution is 2.48. The number of hydrogen-bond acceptors (Lipinski definition) is 3. The lowest BCUT2D eigenvalue weighted by atomic mass is 9.94. The lowest BCUT2D eigenvalue weighted by Gasteiger charge is -2.37. The van der Waals surface area contributed by atoms with Crippen LogP contribution in [0.3, 0.4) is 0 Å². The van der Waals surface area contributed by atoms with E-state index in [4.69, 9.17) is 0 Å². The number of carbonyl (C=O) groups is 1. The summed E-state index contributed by atoms with van der Waals surface area (Å²) < 4.78 is 0. The average Bonchev–Trinajstić information content (AvgIpc) is 3.17. The van der Waals surface area contributed by atoms with E-state index in [0.29, 0.717) is 5.91 Å². The van der Waals surface area contributed by atoms with E-state index in [2.05, 4.69) is 14.9 Å². The predicted molar refractivity (Wildman–Crippen MR) is 83.9 cm³/mol. The predicted octanol–water partition coefficient (Wildman–Crippen LogP) is 3.36. The minimum Gasteiger partial charge on any atom is -0.335 e. The molecule has 118 valence electrons. The second-order valence-electron chi connectivity index (χ2n) is 7.33. The van der Waals surface area contributed by atoms with E-state index in [1.54, 1.807) is 6.33 Å². The monoisotopic (exact) mass is 299 g/mol. The largest absolute Gasteiger partial charge is 0.335 e. The summed E-state index contributed by atoms with van der Waals surface area (Å²) in [6.07, 6.45) is 15.1. The zero-order valence-corrected chi connectivity index (χ0v) is 13.2. The number of fused-ring (bicyclic) bond motifs is 1. The molecule has 3 fully saturated rings. The van der Waals surface area contributed by atoms with Crippen molar-refractivity contribution in [2.45, 2.75) is 57.4 Å². The molecule has 1 amide bonds. The zero-order valence-electron chi connectivity index (χ0n) is 13.2. The Morgan fingerprint density at radius 3 is 2.45 bits per heavy atom. The summed E-state index contributed by atoms with van der Waals surface area (Å²) in [6.45, 7) is 0.907. The maximum atomic E-state index is 13.1. The normalized spacial score (nSPS) is 34.6. The Labute approximate surface area is 132 Å². The second kappa shape index (κ2) is 5.98. The fraction of sp³-hybridized carbons (Fsp3) is 0.722. The summed E-state index contributed by atoms with van der Waals surface area (Å²) >= 11 is 0. The van der Waals surface area contributed by atoms with Crippen molar-refractivity contribution < 1.29 is 4.79 Å². The van der Waals surface area contributed by atoms with Crippen LogP contribution < -0.4 is 0 Å². The Kier molecular flexibility index (Phi) is 3.85. The lowest BCUT2D eigenvalue weighted by molar-refractivity contribution is -0.139. The molecule has 1 aliphatic heterocycles. The molecular weight excluding hydrogens is 274 g/mol. The molecular formula is C18H25N3O. The molecule has 0 aromatic carbocycles. The summed E-state index contributed by atoms with van der Waals surface area (Å²) in [4.78, 5) is 23.5. The zero-order chi connectivity index (χ0) is 14.9. The number of nitrogens with zero attached hydrogens (tertiary/aromatic N) is 3. The molecule has 1 saturated heterocycles. The van der Waals surface area contributed by atoms with Crippen LogP contribution in [0.25, 0.3) is 0 Å². The molecule has 4 nitrogen and oxygen atoms in total. The number of aromatic nitrogens is 2. The van der Waals surface area contributed by atoms with Gasteiger partial charge in [-0.25, -0.2) is 9.97 Å². The van der Waals surface area contributed by atoms with Crippen LogP contribution in [0.15, 0.2) is 18.7 Å². The first kappa shape index (κ1) is 14.2. The van der Waals surface area contributed by atoms with E-state index in [-0.39, 0.29) is 12.0 Å². The van der Waals surface area contributed by atoms with Gasteiger partial charge in [-0.1, -0.05) is 19.3 Å². The van der Waals surface area contributed by atoms with E-state index in [9.17, 15) is 4.79 Å². The SMILES string of the molecule is O=C(C1CC2CCCC2C1)N1CCCCC1c1cncnc1. The highest BCUT2D eigenvalue weighted by molar-refractivity contribution is 5.79.